The number of ketones is 1. The van der Waals surface area contributed by atoms with E-state index in [9.17, 15) is 9.59 Å². The second-order valence-corrected chi connectivity index (χ2v) is 10.0. The molecular formula is C32H34N3O5+. The van der Waals surface area contributed by atoms with Gasteiger partial charge in [-0.3, -0.25) is 4.79 Å². The van der Waals surface area contributed by atoms with E-state index in [0.717, 1.165) is 46.7 Å². The van der Waals surface area contributed by atoms with Crippen molar-refractivity contribution in [3.8, 4) is 17.2 Å². The number of ether oxygens (including phenoxy) is 3. The van der Waals surface area contributed by atoms with Gasteiger partial charge in [-0.2, -0.15) is 0 Å². The lowest BCUT2D eigenvalue weighted by Crippen LogP contribution is -2.36. The Morgan fingerprint density at radius 2 is 1.77 bits per heavy atom. The number of nitrogens with one attached hydrogen (secondary N) is 3. The predicted molar refractivity (Wildman–Crippen MR) is 151 cm³/mol. The van der Waals surface area contributed by atoms with Crippen LogP contribution < -0.4 is 29.8 Å². The SMILES string of the molecule is COc1ccc(OCc2cc(C3C(C(=O)Nc4cc(C)cc[nH+]4)=C(C)NC4=C3C(=O)CCC4)ccc2OC)cc1. The minimum Gasteiger partial charge on any atom is -0.497 e. The Morgan fingerprint density at radius 3 is 2.50 bits per heavy atom. The maximum absolute atomic E-state index is 13.8. The van der Waals surface area contributed by atoms with Gasteiger partial charge in [-0.1, -0.05) is 6.07 Å². The Hall–Kier alpha value is -4.59. The fourth-order valence-electron chi connectivity index (χ4n) is 5.38. The number of benzene rings is 2. The Bertz CT molecular complexity index is 1510. The van der Waals surface area contributed by atoms with E-state index in [4.69, 9.17) is 14.2 Å². The van der Waals surface area contributed by atoms with Crippen LogP contribution in [0.25, 0.3) is 0 Å². The first-order valence-electron chi connectivity index (χ1n) is 13.3. The number of methoxy groups -OCH3 is 2. The van der Waals surface area contributed by atoms with Crippen LogP contribution in [0.1, 0.15) is 48.8 Å². The summed E-state index contributed by atoms with van der Waals surface area (Å²) in [5.74, 6) is 1.94. The van der Waals surface area contributed by atoms with Crippen LogP contribution in [0.5, 0.6) is 17.2 Å². The maximum atomic E-state index is 13.8. The first kappa shape index (κ1) is 27.0. The third-order valence-electron chi connectivity index (χ3n) is 7.32. The molecule has 0 fully saturated rings. The summed E-state index contributed by atoms with van der Waals surface area (Å²) in [7, 11) is 3.23. The van der Waals surface area contributed by atoms with Crippen molar-refractivity contribution in [2.75, 3.05) is 19.5 Å². The van der Waals surface area contributed by atoms with E-state index >= 15 is 0 Å². The van der Waals surface area contributed by atoms with Crippen molar-refractivity contribution in [3.63, 3.8) is 0 Å². The lowest BCUT2D eigenvalue weighted by molar-refractivity contribution is -0.360. The highest BCUT2D eigenvalue weighted by atomic mass is 16.5. The molecular weight excluding hydrogens is 506 g/mol. The van der Waals surface area contributed by atoms with Crippen molar-refractivity contribution in [1.82, 2.24) is 5.32 Å². The highest BCUT2D eigenvalue weighted by Crippen LogP contribution is 2.43. The zero-order valence-corrected chi connectivity index (χ0v) is 23.2. The summed E-state index contributed by atoms with van der Waals surface area (Å²) in [4.78, 5) is 30.2. The minimum atomic E-state index is -0.528. The smallest absolute Gasteiger partial charge is 0.337 e. The number of hydrogen-bond donors (Lipinski definition) is 2. The fourth-order valence-corrected chi connectivity index (χ4v) is 5.38. The molecule has 0 bridgehead atoms. The third kappa shape index (κ3) is 5.57. The topological polar surface area (TPSA) is 100 Å². The van der Waals surface area contributed by atoms with E-state index in [1.807, 2.05) is 68.4 Å². The lowest BCUT2D eigenvalue weighted by Gasteiger charge is -2.34. The molecule has 0 radical (unpaired) electrons. The van der Waals surface area contributed by atoms with Crippen LogP contribution in [0.15, 0.2) is 83.3 Å². The zero-order valence-electron chi connectivity index (χ0n) is 23.2. The number of amides is 1. The van der Waals surface area contributed by atoms with E-state index in [0.29, 0.717) is 34.9 Å². The molecule has 1 aliphatic heterocycles. The van der Waals surface area contributed by atoms with E-state index < -0.39 is 5.92 Å². The summed E-state index contributed by atoms with van der Waals surface area (Å²) in [6.07, 6.45) is 3.79. The minimum absolute atomic E-state index is 0.0607. The number of allylic oxidation sites excluding steroid dienone is 3. The molecule has 40 heavy (non-hydrogen) atoms. The molecule has 1 atom stereocenters. The predicted octanol–water partition coefficient (Wildman–Crippen LogP) is 5.01. The first-order valence-corrected chi connectivity index (χ1v) is 13.3. The number of carbonyl (C=O) groups is 2. The van der Waals surface area contributed by atoms with Crippen molar-refractivity contribution in [2.45, 2.75) is 45.6 Å². The quantitative estimate of drug-likeness (QED) is 0.417. The van der Waals surface area contributed by atoms with Gasteiger partial charge in [0.05, 0.1) is 26.0 Å². The molecule has 2 aromatic carbocycles. The van der Waals surface area contributed by atoms with Gasteiger partial charge in [0.2, 0.25) is 0 Å². The first-order chi connectivity index (χ1) is 19.4. The highest BCUT2D eigenvalue weighted by Gasteiger charge is 2.40. The lowest BCUT2D eigenvalue weighted by atomic mass is 9.74. The van der Waals surface area contributed by atoms with Gasteiger partial charge >= 0.3 is 5.91 Å². The summed E-state index contributed by atoms with van der Waals surface area (Å²) in [5.41, 5.74) is 5.45. The van der Waals surface area contributed by atoms with Crippen molar-refractivity contribution in [1.29, 1.82) is 0 Å². The van der Waals surface area contributed by atoms with Crippen molar-refractivity contribution < 1.29 is 28.8 Å². The average Bonchev–Trinajstić information content (AvgIpc) is 2.95. The molecule has 1 amide bonds. The van der Waals surface area contributed by atoms with Gasteiger partial charge < -0.3 is 19.5 Å². The zero-order chi connectivity index (χ0) is 28.2. The Kier molecular flexibility index (Phi) is 7.86. The van der Waals surface area contributed by atoms with Gasteiger partial charge in [0.15, 0.2) is 5.78 Å². The number of dihydropyridines is 1. The number of carbonyl (C=O) groups excluding carboxylic acids is 2. The summed E-state index contributed by atoms with van der Waals surface area (Å²) < 4.78 is 16.9. The molecule has 2 aliphatic rings. The van der Waals surface area contributed by atoms with Crippen molar-refractivity contribution in [3.05, 3.63) is 100 Å². The molecule has 1 aliphatic carbocycles. The van der Waals surface area contributed by atoms with Crippen LogP contribution in [0.3, 0.4) is 0 Å². The van der Waals surface area contributed by atoms with Gasteiger partial charge in [-0.15, -0.1) is 0 Å². The normalized spacial score (nSPS) is 16.7. The van der Waals surface area contributed by atoms with Gasteiger partial charge in [-0.25, -0.2) is 15.1 Å². The molecule has 3 N–H and O–H groups in total. The van der Waals surface area contributed by atoms with E-state index in [-0.39, 0.29) is 18.3 Å². The van der Waals surface area contributed by atoms with E-state index in [2.05, 4.69) is 15.6 Å². The molecule has 0 saturated carbocycles. The van der Waals surface area contributed by atoms with Gasteiger partial charge in [0.25, 0.3) is 5.82 Å². The number of aromatic amines is 1. The maximum Gasteiger partial charge on any atom is 0.337 e. The monoisotopic (exact) mass is 540 g/mol. The van der Waals surface area contributed by atoms with Crippen LogP contribution in [-0.4, -0.2) is 25.9 Å². The number of H-pyrrole nitrogens is 1. The molecule has 0 spiro atoms. The van der Waals surface area contributed by atoms with Crippen LogP contribution >= 0.6 is 0 Å². The number of aryl methyl sites for hydroxylation is 1. The van der Waals surface area contributed by atoms with Crippen LogP contribution in [0.2, 0.25) is 0 Å². The molecule has 8 nitrogen and oxygen atoms in total. The molecule has 1 unspecified atom stereocenters. The summed E-state index contributed by atoms with van der Waals surface area (Å²) in [5, 5.41) is 6.38. The Morgan fingerprint density at radius 1 is 1.00 bits per heavy atom. The number of Topliss-reactive ketones (excluding diaryl/α,β-unsaturated/α-hetero) is 1. The summed E-state index contributed by atoms with van der Waals surface area (Å²) in [6.45, 7) is 4.10. The van der Waals surface area contributed by atoms with Crippen LogP contribution in [0, 0.1) is 6.92 Å². The van der Waals surface area contributed by atoms with E-state index in [1.54, 1.807) is 20.4 Å². The molecule has 0 saturated heterocycles. The van der Waals surface area contributed by atoms with Crippen LogP contribution in [0.4, 0.5) is 5.82 Å². The molecule has 5 rings (SSSR count). The molecule has 8 heteroatoms. The van der Waals surface area contributed by atoms with Crippen molar-refractivity contribution in [2.24, 2.45) is 0 Å². The molecule has 3 aromatic rings. The average molecular weight is 541 g/mol. The number of rotatable bonds is 8. The Labute approximate surface area is 234 Å². The summed E-state index contributed by atoms with van der Waals surface area (Å²) >= 11 is 0. The van der Waals surface area contributed by atoms with E-state index in [1.165, 1.54) is 0 Å². The highest BCUT2D eigenvalue weighted by molar-refractivity contribution is 6.09. The molecule has 1 aromatic heterocycles. The number of hydrogen-bond acceptors (Lipinski definition) is 6. The molecule has 2 heterocycles. The standard InChI is InChI=1S/C32H33N3O5/c1-19-14-15-33-28(16-19)35-32(37)29-20(2)34-25-6-5-7-26(36)31(25)30(29)21-8-13-27(39-4)22(17-21)18-40-24-11-9-23(38-3)10-12-24/h8-17,30,34H,5-7,18H2,1-4H3,(H,33,35,37)/p+1. The second-order valence-electron chi connectivity index (χ2n) is 10.0. The van der Waals surface area contributed by atoms with Gasteiger partial charge in [-0.05, 0) is 80.3 Å². The molecule has 206 valence electrons. The van der Waals surface area contributed by atoms with Crippen LogP contribution in [-0.2, 0) is 16.2 Å². The Balaban J connectivity index is 1.52. The number of aromatic nitrogens is 1. The van der Waals surface area contributed by atoms with Gasteiger partial charge in [0.1, 0.15) is 23.9 Å². The number of anilines is 1. The number of pyridine rings is 1. The van der Waals surface area contributed by atoms with Gasteiger partial charge in [0, 0.05) is 40.9 Å². The fraction of sp³-hybridized carbons (Fsp3) is 0.281. The third-order valence-corrected chi connectivity index (χ3v) is 7.32. The summed E-state index contributed by atoms with van der Waals surface area (Å²) in [6, 6.07) is 16.9. The largest absolute Gasteiger partial charge is 0.497 e. The van der Waals surface area contributed by atoms with Crippen molar-refractivity contribution >= 4 is 17.5 Å². The second kappa shape index (κ2) is 11.7.